The second-order valence-corrected chi connectivity index (χ2v) is 13.3. The van der Waals surface area contributed by atoms with E-state index in [1.165, 1.54) is 18.2 Å². The number of likely N-dealkylation sites (tertiary alicyclic amines) is 1. The van der Waals surface area contributed by atoms with Crippen molar-refractivity contribution in [3.05, 3.63) is 41.2 Å². The number of benzene rings is 1. The van der Waals surface area contributed by atoms with Gasteiger partial charge < -0.3 is 25.2 Å². The van der Waals surface area contributed by atoms with Gasteiger partial charge in [-0.25, -0.2) is 4.39 Å². The fraction of sp³-hybridized carbons (Fsp3) is 0.667. The van der Waals surface area contributed by atoms with Gasteiger partial charge in [0.2, 0.25) is 17.7 Å². The summed E-state index contributed by atoms with van der Waals surface area (Å²) in [6, 6.07) is 3.13. The highest BCUT2D eigenvalue weighted by molar-refractivity contribution is 6.31. The van der Waals surface area contributed by atoms with Crippen LogP contribution in [0, 0.1) is 29.5 Å². The maximum absolute atomic E-state index is 14.3. The summed E-state index contributed by atoms with van der Waals surface area (Å²) in [6.07, 6.45) is 8.93. The van der Waals surface area contributed by atoms with Crippen LogP contribution in [0.3, 0.4) is 0 Å². The first-order valence-corrected chi connectivity index (χ1v) is 16.4. The standard InChI is InChI=1S/C33H46ClFN4O4/c1-5-15-38(16-6-2)17-8-18-39-29(31(41)37-25-10-7-9-20(3)21(25)4)33-14-13-26(43-33)27(28(33)32(39)42)30(40)36-22-11-12-24(35)23(34)19-22/h11-14,19-21,25-29H,5-10,15-18H2,1-4H3,(H,36,40)(H,37,41)/t20-,21-,25-,26-,27-,28-,29+,33+/m1/s1. The van der Waals surface area contributed by atoms with E-state index in [4.69, 9.17) is 16.3 Å². The number of nitrogens with one attached hydrogen (secondary N) is 2. The predicted molar refractivity (Wildman–Crippen MR) is 165 cm³/mol. The van der Waals surface area contributed by atoms with Crippen molar-refractivity contribution in [1.29, 1.82) is 0 Å². The largest absolute Gasteiger partial charge is 0.359 e. The van der Waals surface area contributed by atoms with Gasteiger partial charge in [-0.1, -0.05) is 64.3 Å². The predicted octanol–water partition coefficient (Wildman–Crippen LogP) is 5.02. The Bertz CT molecular complexity index is 1240. The van der Waals surface area contributed by atoms with Crippen LogP contribution < -0.4 is 10.6 Å². The van der Waals surface area contributed by atoms with Gasteiger partial charge in [0.25, 0.3) is 0 Å². The molecule has 0 radical (unpaired) electrons. The number of amides is 3. The van der Waals surface area contributed by atoms with Crippen molar-refractivity contribution in [2.75, 3.05) is 31.5 Å². The lowest BCUT2D eigenvalue weighted by atomic mass is 9.73. The van der Waals surface area contributed by atoms with E-state index < -0.39 is 41.3 Å². The van der Waals surface area contributed by atoms with Crippen LogP contribution >= 0.6 is 11.6 Å². The van der Waals surface area contributed by atoms with E-state index in [0.717, 1.165) is 51.7 Å². The number of nitrogens with zero attached hydrogens (tertiary/aromatic N) is 2. The number of carbonyl (C=O) groups excluding carboxylic acids is 3. The molecule has 4 aliphatic rings. The number of anilines is 1. The maximum Gasteiger partial charge on any atom is 0.246 e. The summed E-state index contributed by atoms with van der Waals surface area (Å²) in [6.45, 7) is 11.9. The molecule has 0 aromatic heterocycles. The van der Waals surface area contributed by atoms with Gasteiger partial charge in [-0.2, -0.15) is 0 Å². The summed E-state index contributed by atoms with van der Waals surface area (Å²) in [5.74, 6) is -2.27. The van der Waals surface area contributed by atoms with Crippen LogP contribution in [-0.2, 0) is 19.1 Å². The van der Waals surface area contributed by atoms with Crippen LogP contribution in [0.5, 0.6) is 0 Å². The highest BCUT2D eigenvalue weighted by atomic mass is 35.5. The first kappa shape index (κ1) is 31.9. The molecule has 1 spiro atoms. The van der Waals surface area contributed by atoms with E-state index in [9.17, 15) is 18.8 Å². The Morgan fingerprint density at radius 1 is 1.14 bits per heavy atom. The SMILES string of the molecule is CCCN(CCC)CCCN1C(=O)[C@H]2[C@H](C(=O)Nc3ccc(F)c(Cl)c3)[C@H]3C=C[C@@]2(O3)[C@@H]1C(=O)N[C@@H]1CCC[C@@H](C)[C@H]1C. The smallest absolute Gasteiger partial charge is 0.246 e. The summed E-state index contributed by atoms with van der Waals surface area (Å²) < 4.78 is 20.2. The quantitative estimate of drug-likeness (QED) is 0.322. The third-order valence-electron chi connectivity index (χ3n) is 10.1. The summed E-state index contributed by atoms with van der Waals surface area (Å²) in [7, 11) is 0. The van der Waals surface area contributed by atoms with Crippen molar-refractivity contribution in [2.45, 2.75) is 90.0 Å². The molecule has 2 N–H and O–H groups in total. The van der Waals surface area contributed by atoms with Gasteiger partial charge in [-0.05, 0) is 75.4 Å². The third-order valence-corrected chi connectivity index (χ3v) is 10.4. The number of hydrogen-bond acceptors (Lipinski definition) is 5. The molecule has 2 saturated heterocycles. The second-order valence-electron chi connectivity index (χ2n) is 12.9. The van der Waals surface area contributed by atoms with Crippen molar-refractivity contribution < 1.29 is 23.5 Å². The summed E-state index contributed by atoms with van der Waals surface area (Å²) >= 11 is 5.94. The zero-order valence-electron chi connectivity index (χ0n) is 25.8. The molecule has 1 aliphatic carbocycles. The van der Waals surface area contributed by atoms with E-state index in [1.54, 1.807) is 4.90 Å². The minimum Gasteiger partial charge on any atom is -0.359 e. The molecule has 2 bridgehead atoms. The summed E-state index contributed by atoms with van der Waals surface area (Å²) in [5.41, 5.74) is -0.884. The first-order chi connectivity index (χ1) is 20.6. The van der Waals surface area contributed by atoms with Crippen molar-refractivity contribution in [3.63, 3.8) is 0 Å². The molecule has 8 atom stereocenters. The molecule has 3 amide bonds. The van der Waals surface area contributed by atoms with E-state index in [0.29, 0.717) is 30.5 Å². The molecular weight excluding hydrogens is 571 g/mol. The van der Waals surface area contributed by atoms with Gasteiger partial charge in [0.05, 0.1) is 23.0 Å². The number of fused-ring (bicyclic) bond motifs is 1. The molecule has 8 nitrogen and oxygen atoms in total. The number of carbonyl (C=O) groups is 3. The van der Waals surface area contributed by atoms with Crippen LogP contribution in [-0.4, -0.2) is 77.5 Å². The van der Waals surface area contributed by atoms with Crippen LogP contribution in [0.25, 0.3) is 0 Å². The Labute approximate surface area is 259 Å². The second kappa shape index (κ2) is 13.2. The van der Waals surface area contributed by atoms with Crippen molar-refractivity contribution in [1.82, 2.24) is 15.1 Å². The average Bonchev–Trinajstić information content (AvgIpc) is 3.61. The Morgan fingerprint density at radius 3 is 2.58 bits per heavy atom. The number of hydrogen-bond donors (Lipinski definition) is 2. The van der Waals surface area contributed by atoms with Gasteiger partial charge in [0, 0.05) is 18.3 Å². The fourth-order valence-electron chi connectivity index (χ4n) is 7.79. The Hall–Kier alpha value is -2.49. The lowest BCUT2D eigenvalue weighted by molar-refractivity contribution is -0.141. The molecule has 1 aromatic rings. The van der Waals surface area contributed by atoms with Crippen LogP contribution in [0.4, 0.5) is 10.1 Å². The lowest BCUT2D eigenvalue weighted by Gasteiger charge is -2.38. The molecule has 236 valence electrons. The number of halogens is 2. The van der Waals surface area contributed by atoms with E-state index in [1.807, 2.05) is 12.2 Å². The minimum absolute atomic E-state index is 0.0261. The Kier molecular flexibility index (Phi) is 9.83. The molecule has 10 heteroatoms. The molecule has 1 aromatic carbocycles. The molecule has 3 aliphatic heterocycles. The van der Waals surface area contributed by atoms with Crippen molar-refractivity contribution >= 4 is 35.0 Å². The first-order valence-electron chi connectivity index (χ1n) is 16.1. The molecule has 5 rings (SSSR count). The molecule has 0 unspecified atom stereocenters. The van der Waals surface area contributed by atoms with E-state index >= 15 is 0 Å². The summed E-state index contributed by atoms with van der Waals surface area (Å²) in [5, 5.41) is 6.01. The lowest BCUT2D eigenvalue weighted by Crippen LogP contribution is -2.58. The van der Waals surface area contributed by atoms with Gasteiger partial charge in [-0.3, -0.25) is 14.4 Å². The number of ether oxygens (including phenoxy) is 1. The van der Waals surface area contributed by atoms with Gasteiger partial charge >= 0.3 is 0 Å². The van der Waals surface area contributed by atoms with Crippen LogP contribution in [0.15, 0.2) is 30.4 Å². The van der Waals surface area contributed by atoms with Gasteiger partial charge in [0.1, 0.15) is 17.5 Å². The third kappa shape index (κ3) is 6.09. The van der Waals surface area contributed by atoms with Gasteiger partial charge in [0.15, 0.2) is 0 Å². The number of rotatable bonds is 12. The zero-order chi connectivity index (χ0) is 30.9. The van der Waals surface area contributed by atoms with Gasteiger partial charge in [-0.15, -0.1) is 0 Å². The molecule has 3 fully saturated rings. The van der Waals surface area contributed by atoms with Crippen LogP contribution in [0.2, 0.25) is 5.02 Å². The Balaban J connectivity index is 1.40. The maximum atomic E-state index is 14.3. The summed E-state index contributed by atoms with van der Waals surface area (Å²) in [4.78, 5) is 46.2. The van der Waals surface area contributed by atoms with Crippen molar-refractivity contribution in [2.24, 2.45) is 23.7 Å². The molecule has 3 heterocycles. The van der Waals surface area contributed by atoms with E-state index in [-0.39, 0.29) is 22.9 Å². The normalized spacial score (nSPS) is 32.9. The highest BCUT2D eigenvalue weighted by Gasteiger charge is 2.72. The monoisotopic (exact) mass is 616 g/mol. The topological polar surface area (TPSA) is 91.0 Å². The highest BCUT2D eigenvalue weighted by Crippen LogP contribution is 2.55. The molecule has 1 saturated carbocycles. The Morgan fingerprint density at radius 2 is 1.88 bits per heavy atom. The van der Waals surface area contributed by atoms with Crippen LogP contribution in [0.1, 0.15) is 66.2 Å². The molecular formula is C33H46ClFN4O4. The minimum atomic E-state index is -1.22. The molecule has 43 heavy (non-hydrogen) atoms. The van der Waals surface area contributed by atoms with Crippen molar-refractivity contribution in [3.8, 4) is 0 Å². The zero-order valence-corrected chi connectivity index (χ0v) is 26.5. The van der Waals surface area contributed by atoms with E-state index in [2.05, 4.69) is 43.2 Å². The fourth-order valence-corrected chi connectivity index (χ4v) is 7.97. The average molecular weight is 617 g/mol.